The summed E-state index contributed by atoms with van der Waals surface area (Å²) >= 11 is 5.92. The number of hydrogen-bond acceptors (Lipinski definition) is 3. The lowest BCUT2D eigenvalue weighted by Gasteiger charge is -2.33. The van der Waals surface area contributed by atoms with Gasteiger partial charge in [-0.2, -0.15) is 0 Å². The number of amides is 2. The summed E-state index contributed by atoms with van der Waals surface area (Å²) in [4.78, 5) is 29.4. The quantitative estimate of drug-likeness (QED) is 0.747. The van der Waals surface area contributed by atoms with Gasteiger partial charge in [-0.3, -0.25) is 9.59 Å². The van der Waals surface area contributed by atoms with Gasteiger partial charge >= 0.3 is 0 Å². The predicted molar refractivity (Wildman–Crippen MR) is 94.6 cm³/mol. The third-order valence-corrected chi connectivity index (χ3v) is 5.16. The highest BCUT2D eigenvalue weighted by atomic mass is 35.5. The second kappa shape index (κ2) is 5.35. The highest BCUT2D eigenvalue weighted by molar-refractivity contribution is 6.31. The number of anilines is 2. The van der Waals surface area contributed by atoms with Crippen LogP contribution in [0, 0.1) is 12.8 Å². The van der Waals surface area contributed by atoms with Gasteiger partial charge in [-0.05, 0) is 42.8 Å². The molecule has 2 heterocycles. The van der Waals surface area contributed by atoms with Crippen molar-refractivity contribution in [1.29, 1.82) is 0 Å². The fourth-order valence-electron chi connectivity index (χ4n) is 3.77. The monoisotopic (exact) mass is 340 g/mol. The van der Waals surface area contributed by atoms with Crippen molar-refractivity contribution in [2.75, 3.05) is 23.4 Å². The molecule has 4 rings (SSSR count). The Labute approximate surface area is 145 Å². The van der Waals surface area contributed by atoms with Crippen LogP contribution in [-0.4, -0.2) is 25.4 Å². The Morgan fingerprint density at radius 1 is 1.04 bits per heavy atom. The maximum Gasteiger partial charge on any atom is 0.242 e. The minimum atomic E-state index is -0.403. The molecule has 5 heteroatoms. The molecule has 2 atom stereocenters. The Kier molecular flexibility index (Phi) is 3.39. The van der Waals surface area contributed by atoms with E-state index < -0.39 is 5.92 Å². The molecule has 0 N–H and O–H groups in total. The highest BCUT2D eigenvalue weighted by Crippen LogP contribution is 2.45. The number of nitrogens with zero attached hydrogens (tertiary/aromatic N) is 2. The molecule has 1 fully saturated rings. The van der Waals surface area contributed by atoms with Crippen LogP contribution in [0.15, 0.2) is 42.5 Å². The number of carbonyl (C=O) groups is 2. The summed E-state index contributed by atoms with van der Waals surface area (Å²) in [7, 11) is 1.97. The molecular weight excluding hydrogens is 324 g/mol. The largest absolute Gasteiger partial charge is 0.374 e. The maximum absolute atomic E-state index is 13.1. The first kappa shape index (κ1) is 15.2. The average molecular weight is 341 g/mol. The number of halogens is 1. The van der Waals surface area contributed by atoms with Gasteiger partial charge in [0, 0.05) is 24.3 Å². The summed E-state index contributed by atoms with van der Waals surface area (Å²) in [6.07, 6.45) is 0. The summed E-state index contributed by atoms with van der Waals surface area (Å²) < 4.78 is 0. The summed E-state index contributed by atoms with van der Waals surface area (Å²) in [5.41, 5.74) is 3.65. The fraction of sp³-hybridized carbons (Fsp3) is 0.263. The fourth-order valence-corrected chi connectivity index (χ4v) is 3.90. The van der Waals surface area contributed by atoms with Crippen molar-refractivity contribution in [3.63, 3.8) is 0 Å². The molecule has 24 heavy (non-hydrogen) atoms. The van der Waals surface area contributed by atoms with Gasteiger partial charge in [0.15, 0.2) is 0 Å². The third-order valence-electron chi connectivity index (χ3n) is 4.91. The lowest BCUT2D eigenvalue weighted by atomic mass is 9.82. The van der Waals surface area contributed by atoms with E-state index in [1.165, 1.54) is 4.90 Å². The van der Waals surface area contributed by atoms with Crippen molar-refractivity contribution in [2.24, 2.45) is 5.92 Å². The molecule has 0 spiro atoms. The summed E-state index contributed by atoms with van der Waals surface area (Å²) in [6.45, 7) is 2.55. The van der Waals surface area contributed by atoms with Gasteiger partial charge in [-0.1, -0.05) is 29.3 Å². The van der Waals surface area contributed by atoms with E-state index in [0.29, 0.717) is 17.3 Å². The SMILES string of the molecule is Cc1ccc2c(c1)[C@H]1C(=O)N(c3ccc(Cl)cc3)C(=O)[C@H]1CN2C. The van der Waals surface area contributed by atoms with Crippen molar-refractivity contribution in [2.45, 2.75) is 12.8 Å². The van der Waals surface area contributed by atoms with Gasteiger partial charge in [-0.15, -0.1) is 0 Å². The molecular formula is C19H17ClN2O2. The zero-order chi connectivity index (χ0) is 17.0. The predicted octanol–water partition coefficient (Wildman–Crippen LogP) is 3.37. The van der Waals surface area contributed by atoms with Crippen LogP contribution in [0.4, 0.5) is 11.4 Å². The molecule has 2 amide bonds. The van der Waals surface area contributed by atoms with Crippen LogP contribution in [0.5, 0.6) is 0 Å². The van der Waals surface area contributed by atoms with Crippen LogP contribution in [0.25, 0.3) is 0 Å². The molecule has 0 bridgehead atoms. The second-order valence-electron chi connectivity index (χ2n) is 6.52. The van der Waals surface area contributed by atoms with E-state index in [-0.39, 0.29) is 17.7 Å². The van der Waals surface area contributed by atoms with Crippen LogP contribution >= 0.6 is 11.6 Å². The molecule has 1 saturated heterocycles. The van der Waals surface area contributed by atoms with Gasteiger partial charge in [0.1, 0.15) is 0 Å². The van der Waals surface area contributed by atoms with Crippen LogP contribution in [0.3, 0.4) is 0 Å². The molecule has 2 aliphatic rings. The number of benzene rings is 2. The molecule has 0 saturated carbocycles. The van der Waals surface area contributed by atoms with Gasteiger partial charge in [0.05, 0.1) is 17.5 Å². The minimum Gasteiger partial charge on any atom is -0.374 e. The van der Waals surface area contributed by atoms with E-state index >= 15 is 0 Å². The third kappa shape index (κ3) is 2.13. The maximum atomic E-state index is 13.1. The van der Waals surface area contributed by atoms with Gasteiger partial charge in [0.25, 0.3) is 0 Å². The van der Waals surface area contributed by atoms with Crippen molar-refractivity contribution in [1.82, 2.24) is 0 Å². The summed E-state index contributed by atoms with van der Waals surface area (Å²) in [5.74, 6) is -1.02. The van der Waals surface area contributed by atoms with Crippen LogP contribution in [0.2, 0.25) is 5.02 Å². The van der Waals surface area contributed by atoms with Gasteiger partial charge < -0.3 is 4.90 Å². The van der Waals surface area contributed by atoms with E-state index in [1.54, 1.807) is 24.3 Å². The number of fused-ring (bicyclic) bond motifs is 3. The lowest BCUT2D eigenvalue weighted by Crippen LogP contribution is -2.37. The van der Waals surface area contributed by atoms with E-state index in [1.807, 2.05) is 32.2 Å². The molecule has 0 unspecified atom stereocenters. The molecule has 0 aliphatic carbocycles. The van der Waals surface area contributed by atoms with Gasteiger partial charge in [-0.25, -0.2) is 4.90 Å². The van der Waals surface area contributed by atoms with Crippen LogP contribution < -0.4 is 9.80 Å². The summed E-state index contributed by atoms with van der Waals surface area (Å²) in [5, 5.41) is 0.580. The Morgan fingerprint density at radius 3 is 2.46 bits per heavy atom. The minimum absolute atomic E-state index is 0.133. The Morgan fingerprint density at radius 2 is 1.75 bits per heavy atom. The zero-order valence-electron chi connectivity index (χ0n) is 13.5. The summed E-state index contributed by atoms with van der Waals surface area (Å²) in [6, 6.07) is 12.9. The smallest absolute Gasteiger partial charge is 0.242 e. The van der Waals surface area contributed by atoms with Crippen molar-refractivity contribution in [3.8, 4) is 0 Å². The first-order chi connectivity index (χ1) is 11.5. The Balaban J connectivity index is 1.81. The number of rotatable bonds is 1. The van der Waals surface area contributed by atoms with Crippen molar-refractivity contribution < 1.29 is 9.59 Å². The van der Waals surface area contributed by atoms with E-state index in [0.717, 1.165) is 16.8 Å². The molecule has 2 aromatic carbocycles. The van der Waals surface area contributed by atoms with E-state index in [4.69, 9.17) is 11.6 Å². The molecule has 0 radical (unpaired) electrons. The molecule has 122 valence electrons. The Hall–Kier alpha value is -2.33. The van der Waals surface area contributed by atoms with E-state index in [2.05, 4.69) is 4.90 Å². The highest BCUT2D eigenvalue weighted by Gasteiger charge is 2.52. The molecule has 0 aromatic heterocycles. The Bertz CT molecular complexity index is 847. The molecule has 2 aromatic rings. The zero-order valence-corrected chi connectivity index (χ0v) is 14.2. The first-order valence-corrected chi connectivity index (χ1v) is 8.30. The lowest BCUT2D eigenvalue weighted by molar-refractivity contribution is -0.122. The van der Waals surface area contributed by atoms with Crippen LogP contribution in [0.1, 0.15) is 17.0 Å². The number of carbonyl (C=O) groups excluding carboxylic acids is 2. The van der Waals surface area contributed by atoms with Gasteiger partial charge in [0.2, 0.25) is 11.8 Å². The second-order valence-corrected chi connectivity index (χ2v) is 6.95. The number of hydrogen-bond donors (Lipinski definition) is 0. The average Bonchev–Trinajstić information content (AvgIpc) is 2.79. The van der Waals surface area contributed by atoms with E-state index in [9.17, 15) is 9.59 Å². The first-order valence-electron chi connectivity index (χ1n) is 7.92. The standard InChI is InChI=1S/C19H17ClN2O2/c1-11-3-8-16-14(9-11)17-15(10-21(16)2)18(23)22(19(17)24)13-6-4-12(20)5-7-13/h3-9,15,17H,10H2,1-2H3/t15-,17+/m0/s1. The molecule has 4 nitrogen and oxygen atoms in total. The molecule has 2 aliphatic heterocycles. The number of aryl methyl sites for hydroxylation is 1. The number of imide groups is 1. The van der Waals surface area contributed by atoms with Crippen molar-refractivity contribution in [3.05, 3.63) is 58.6 Å². The van der Waals surface area contributed by atoms with Crippen LogP contribution in [-0.2, 0) is 9.59 Å². The van der Waals surface area contributed by atoms with Crippen molar-refractivity contribution >= 4 is 34.8 Å². The normalized spacial score (nSPS) is 22.6. The topological polar surface area (TPSA) is 40.6 Å².